The van der Waals surface area contributed by atoms with Crippen LogP contribution in [-0.2, 0) is 4.79 Å². The van der Waals surface area contributed by atoms with Gasteiger partial charge in [-0.3, -0.25) is 4.79 Å². The van der Waals surface area contributed by atoms with Crippen molar-refractivity contribution in [2.24, 2.45) is 22.5 Å². The largest absolute Gasteiger partial charge is 0.342 e. The fourth-order valence-electron chi connectivity index (χ4n) is 3.10. The van der Waals surface area contributed by atoms with Crippen LogP contribution in [0.25, 0.3) is 0 Å². The SMILES string of the molecule is CCN(CC(C)(C)CN)C(=O)C1CCCCC1(C)C. The number of carbonyl (C=O) groups is 1. The van der Waals surface area contributed by atoms with Crippen LogP contribution < -0.4 is 5.73 Å². The quantitative estimate of drug-likeness (QED) is 0.833. The van der Waals surface area contributed by atoms with Crippen LogP contribution in [0, 0.1) is 16.7 Å². The van der Waals surface area contributed by atoms with Crippen molar-refractivity contribution >= 4 is 5.91 Å². The Bertz CT molecular complexity index is 310. The highest BCUT2D eigenvalue weighted by atomic mass is 16.2. The maximum Gasteiger partial charge on any atom is 0.226 e. The molecule has 0 heterocycles. The summed E-state index contributed by atoms with van der Waals surface area (Å²) in [4.78, 5) is 14.8. The molecule has 1 rings (SSSR count). The van der Waals surface area contributed by atoms with E-state index in [0.29, 0.717) is 12.5 Å². The minimum absolute atomic E-state index is 0.00444. The molecule has 1 aliphatic carbocycles. The van der Waals surface area contributed by atoms with E-state index in [0.717, 1.165) is 19.5 Å². The Balaban J connectivity index is 2.78. The van der Waals surface area contributed by atoms with Crippen molar-refractivity contribution < 1.29 is 4.79 Å². The molecule has 1 amide bonds. The van der Waals surface area contributed by atoms with Gasteiger partial charge in [-0.25, -0.2) is 0 Å². The first-order valence-electron chi connectivity index (χ1n) is 7.72. The maximum absolute atomic E-state index is 12.8. The highest BCUT2D eigenvalue weighted by molar-refractivity contribution is 5.79. The summed E-state index contributed by atoms with van der Waals surface area (Å²) in [7, 11) is 0. The smallest absolute Gasteiger partial charge is 0.226 e. The van der Waals surface area contributed by atoms with E-state index in [1.807, 2.05) is 4.90 Å². The Kier molecular flexibility index (Phi) is 5.43. The molecule has 0 spiro atoms. The number of nitrogens with two attached hydrogens (primary N) is 1. The fraction of sp³-hybridized carbons (Fsp3) is 0.938. The molecule has 3 heteroatoms. The van der Waals surface area contributed by atoms with Gasteiger partial charge in [-0.15, -0.1) is 0 Å². The second-order valence-electron chi connectivity index (χ2n) is 7.51. The minimum atomic E-state index is 0.00444. The molecule has 0 aromatic rings. The first-order chi connectivity index (χ1) is 8.73. The average molecular weight is 268 g/mol. The molecular formula is C16H32N2O. The van der Waals surface area contributed by atoms with Gasteiger partial charge >= 0.3 is 0 Å². The minimum Gasteiger partial charge on any atom is -0.342 e. The van der Waals surface area contributed by atoms with Gasteiger partial charge in [0, 0.05) is 19.0 Å². The molecule has 3 nitrogen and oxygen atoms in total. The number of hydrogen-bond donors (Lipinski definition) is 1. The highest BCUT2D eigenvalue weighted by Crippen LogP contribution is 2.41. The summed E-state index contributed by atoms with van der Waals surface area (Å²) >= 11 is 0. The average Bonchev–Trinajstić information content (AvgIpc) is 2.35. The van der Waals surface area contributed by atoms with E-state index in [1.54, 1.807) is 0 Å². The first-order valence-corrected chi connectivity index (χ1v) is 7.72. The molecular weight excluding hydrogens is 236 g/mol. The van der Waals surface area contributed by atoms with Gasteiger partial charge < -0.3 is 10.6 Å². The lowest BCUT2D eigenvalue weighted by Gasteiger charge is -2.41. The summed E-state index contributed by atoms with van der Waals surface area (Å²) in [5, 5.41) is 0. The van der Waals surface area contributed by atoms with Gasteiger partial charge in [-0.05, 0) is 37.1 Å². The van der Waals surface area contributed by atoms with Crippen molar-refractivity contribution in [3.8, 4) is 0 Å². The third kappa shape index (κ3) is 4.20. The molecule has 0 saturated heterocycles. The zero-order valence-corrected chi connectivity index (χ0v) is 13.5. The van der Waals surface area contributed by atoms with Crippen molar-refractivity contribution in [2.75, 3.05) is 19.6 Å². The Hall–Kier alpha value is -0.570. The van der Waals surface area contributed by atoms with Gasteiger partial charge in [0.2, 0.25) is 5.91 Å². The third-order valence-electron chi connectivity index (χ3n) is 4.67. The summed E-state index contributed by atoms with van der Waals surface area (Å²) in [6.45, 7) is 13.0. The normalized spacial score (nSPS) is 23.2. The number of rotatable bonds is 5. The Morgan fingerprint density at radius 1 is 1.37 bits per heavy atom. The number of carbonyl (C=O) groups excluding carboxylic acids is 1. The molecule has 1 unspecified atom stereocenters. The number of nitrogens with zero attached hydrogens (tertiary/aromatic N) is 1. The second kappa shape index (κ2) is 6.25. The number of amides is 1. The third-order valence-corrected chi connectivity index (χ3v) is 4.67. The summed E-state index contributed by atoms with van der Waals surface area (Å²) in [5.74, 6) is 0.531. The van der Waals surface area contributed by atoms with E-state index in [-0.39, 0.29) is 16.7 Å². The van der Waals surface area contributed by atoms with Crippen LogP contribution >= 0.6 is 0 Å². The molecule has 0 aromatic carbocycles. The van der Waals surface area contributed by atoms with E-state index in [9.17, 15) is 4.79 Å². The van der Waals surface area contributed by atoms with E-state index >= 15 is 0 Å². The zero-order valence-electron chi connectivity index (χ0n) is 13.5. The number of hydrogen-bond acceptors (Lipinski definition) is 2. The topological polar surface area (TPSA) is 46.3 Å². The van der Waals surface area contributed by atoms with Crippen molar-refractivity contribution in [3.63, 3.8) is 0 Å². The molecule has 1 saturated carbocycles. The van der Waals surface area contributed by atoms with Gasteiger partial charge in [0.25, 0.3) is 0 Å². The van der Waals surface area contributed by atoms with E-state index in [2.05, 4.69) is 34.6 Å². The van der Waals surface area contributed by atoms with E-state index in [1.165, 1.54) is 19.3 Å². The second-order valence-corrected chi connectivity index (χ2v) is 7.51. The lowest BCUT2D eigenvalue weighted by atomic mass is 9.68. The van der Waals surface area contributed by atoms with Gasteiger partial charge in [-0.1, -0.05) is 40.5 Å². The van der Waals surface area contributed by atoms with Crippen molar-refractivity contribution in [1.29, 1.82) is 0 Å². The Labute approximate surface area is 118 Å². The summed E-state index contributed by atoms with van der Waals surface area (Å²) in [6, 6.07) is 0. The summed E-state index contributed by atoms with van der Waals surface area (Å²) in [5.41, 5.74) is 5.96. The molecule has 1 atom stereocenters. The van der Waals surface area contributed by atoms with Gasteiger partial charge in [0.05, 0.1) is 0 Å². The van der Waals surface area contributed by atoms with Gasteiger partial charge in [0.1, 0.15) is 0 Å². The fourth-order valence-corrected chi connectivity index (χ4v) is 3.10. The van der Waals surface area contributed by atoms with Crippen LogP contribution in [0.2, 0.25) is 0 Å². The van der Waals surface area contributed by atoms with Crippen LogP contribution in [0.5, 0.6) is 0 Å². The van der Waals surface area contributed by atoms with Crippen molar-refractivity contribution in [3.05, 3.63) is 0 Å². The molecule has 1 aliphatic rings. The summed E-state index contributed by atoms with van der Waals surface area (Å²) in [6.07, 6.45) is 4.67. The molecule has 2 N–H and O–H groups in total. The molecule has 112 valence electrons. The predicted octanol–water partition coefficient (Wildman–Crippen LogP) is 3.04. The molecule has 19 heavy (non-hydrogen) atoms. The van der Waals surface area contributed by atoms with Crippen LogP contribution in [-0.4, -0.2) is 30.4 Å². The van der Waals surface area contributed by atoms with Crippen LogP contribution in [0.15, 0.2) is 0 Å². The first kappa shape index (κ1) is 16.5. The van der Waals surface area contributed by atoms with Crippen LogP contribution in [0.1, 0.15) is 60.3 Å². The van der Waals surface area contributed by atoms with Crippen molar-refractivity contribution in [2.45, 2.75) is 60.3 Å². The van der Waals surface area contributed by atoms with Crippen LogP contribution in [0.4, 0.5) is 0 Å². The zero-order chi connectivity index (χ0) is 14.7. The van der Waals surface area contributed by atoms with E-state index < -0.39 is 0 Å². The molecule has 0 radical (unpaired) electrons. The van der Waals surface area contributed by atoms with Crippen LogP contribution in [0.3, 0.4) is 0 Å². The molecule has 0 bridgehead atoms. The monoisotopic (exact) mass is 268 g/mol. The lowest BCUT2D eigenvalue weighted by Crippen LogP contribution is -2.48. The Morgan fingerprint density at radius 3 is 2.47 bits per heavy atom. The van der Waals surface area contributed by atoms with E-state index in [4.69, 9.17) is 5.73 Å². The molecule has 0 aliphatic heterocycles. The standard InChI is InChI=1S/C16H32N2O/c1-6-18(12-15(2,3)11-17)14(19)13-9-7-8-10-16(13,4)5/h13H,6-12,17H2,1-5H3. The van der Waals surface area contributed by atoms with Gasteiger partial charge in [-0.2, -0.15) is 0 Å². The van der Waals surface area contributed by atoms with Crippen molar-refractivity contribution in [1.82, 2.24) is 4.90 Å². The summed E-state index contributed by atoms with van der Waals surface area (Å²) < 4.78 is 0. The predicted molar refractivity (Wildman–Crippen MR) is 80.8 cm³/mol. The molecule has 1 fully saturated rings. The highest BCUT2D eigenvalue weighted by Gasteiger charge is 2.39. The molecule has 0 aromatic heterocycles. The van der Waals surface area contributed by atoms with Gasteiger partial charge in [0.15, 0.2) is 0 Å². The maximum atomic E-state index is 12.8. The lowest BCUT2D eigenvalue weighted by molar-refractivity contribution is -0.142. The Morgan fingerprint density at radius 2 is 2.00 bits per heavy atom.